The lowest BCUT2D eigenvalue weighted by Crippen LogP contribution is -2.00. The molecule has 0 aliphatic carbocycles. The molecule has 11 aromatic rings. The van der Waals surface area contributed by atoms with E-state index in [1.807, 2.05) is 18.2 Å². The van der Waals surface area contributed by atoms with Crippen LogP contribution in [0.4, 0.5) is 0 Å². The zero-order valence-corrected chi connectivity index (χ0v) is 28.6. The maximum Gasteiger partial charge on any atom is 0.164 e. The Morgan fingerprint density at radius 3 is 1.87 bits per heavy atom. The Morgan fingerprint density at radius 2 is 1.02 bits per heavy atom. The number of hydrogen-bond donors (Lipinski definition) is 0. The van der Waals surface area contributed by atoms with E-state index in [1.54, 1.807) is 11.3 Å². The number of rotatable bonds is 4. The third kappa shape index (κ3) is 4.64. The summed E-state index contributed by atoms with van der Waals surface area (Å²) >= 11 is 1.79. The van der Waals surface area contributed by atoms with Crippen molar-refractivity contribution in [1.29, 1.82) is 0 Å². The van der Waals surface area contributed by atoms with Crippen molar-refractivity contribution in [2.45, 2.75) is 0 Å². The summed E-state index contributed by atoms with van der Waals surface area (Å²) in [6.07, 6.45) is 0. The van der Waals surface area contributed by atoms with Crippen LogP contribution in [-0.4, -0.2) is 15.0 Å². The van der Waals surface area contributed by atoms with Crippen LogP contribution in [0.3, 0.4) is 0 Å². The van der Waals surface area contributed by atoms with Crippen molar-refractivity contribution in [3.05, 3.63) is 164 Å². The Morgan fingerprint density at radius 1 is 0.365 bits per heavy atom. The van der Waals surface area contributed by atoms with Crippen LogP contribution in [0.1, 0.15) is 0 Å². The summed E-state index contributed by atoms with van der Waals surface area (Å²) in [4.78, 5) is 15.8. The molecule has 0 spiro atoms. The van der Waals surface area contributed by atoms with E-state index >= 15 is 0 Å². The van der Waals surface area contributed by atoms with Crippen molar-refractivity contribution < 1.29 is 4.42 Å². The number of nitrogens with zero attached hydrogens (tertiary/aromatic N) is 3. The predicted molar refractivity (Wildman–Crippen MR) is 217 cm³/mol. The maximum atomic E-state index is 6.47. The van der Waals surface area contributed by atoms with Crippen molar-refractivity contribution in [3.63, 3.8) is 0 Å². The van der Waals surface area contributed by atoms with E-state index < -0.39 is 0 Å². The van der Waals surface area contributed by atoms with Gasteiger partial charge >= 0.3 is 0 Å². The zero-order chi connectivity index (χ0) is 34.2. The Hall–Kier alpha value is -6.69. The fourth-order valence-corrected chi connectivity index (χ4v) is 8.73. The van der Waals surface area contributed by atoms with Crippen molar-refractivity contribution in [3.8, 4) is 45.3 Å². The quantitative estimate of drug-likeness (QED) is 0.185. The molecule has 242 valence electrons. The van der Waals surface area contributed by atoms with Crippen LogP contribution in [0.25, 0.3) is 109 Å². The minimum atomic E-state index is 0.608. The topological polar surface area (TPSA) is 51.8 Å². The van der Waals surface area contributed by atoms with Crippen LogP contribution in [0.5, 0.6) is 0 Å². The molecule has 0 amide bonds. The van der Waals surface area contributed by atoms with Gasteiger partial charge in [-0.15, -0.1) is 11.3 Å². The van der Waals surface area contributed by atoms with Crippen LogP contribution < -0.4 is 0 Å². The van der Waals surface area contributed by atoms with Gasteiger partial charge in [0.2, 0.25) is 0 Å². The fraction of sp³-hybridized carbons (Fsp3) is 0. The molecule has 0 fully saturated rings. The molecular formula is C47H27N3OS. The van der Waals surface area contributed by atoms with E-state index in [0.29, 0.717) is 17.5 Å². The summed E-state index contributed by atoms with van der Waals surface area (Å²) in [6, 6.07) is 57.5. The molecule has 0 aliphatic rings. The first-order valence-corrected chi connectivity index (χ1v) is 18.2. The highest BCUT2D eigenvalue weighted by molar-refractivity contribution is 7.25. The molecular weight excluding hydrogens is 655 g/mol. The predicted octanol–water partition coefficient (Wildman–Crippen LogP) is 13.1. The number of furan rings is 1. The zero-order valence-electron chi connectivity index (χ0n) is 27.7. The number of aromatic nitrogens is 3. The van der Waals surface area contributed by atoms with E-state index in [4.69, 9.17) is 19.4 Å². The third-order valence-corrected chi connectivity index (χ3v) is 11.2. The van der Waals surface area contributed by atoms with Crippen LogP contribution in [0, 0.1) is 0 Å². The van der Waals surface area contributed by atoms with Crippen LogP contribution in [0.15, 0.2) is 168 Å². The van der Waals surface area contributed by atoms with Gasteiger partial charge in [0.1, 0.15) is 11.2 Å². The maximum absolute atomic E-state index is 6.47. The lowest BCUT2D eigenvalue weighted by Gasteiger charge is -2.11. The van der Waals surface area contributed by atoms with E-state index in [-0.39, 0.29) is 0 Å². The van der Waals surface area contributed by atoms with E-state index in [9.17, 15) is 0 Å². The Kier molecular flexibility index (Phi) is 6.39. The number of fused-ring (bicyclic) bond motifs is 8. The van der Waals surface area contributed by atoms with Crippen molar-refractivity contribution >= 4 is 75.0 Å². The Bertz CT molecular complexity index is 3200. The van der Waals surface area contributed by atoms with Gasteiger partial charge in [0.25, 0.3) is 0 Å². The van der Waals surface area contributed by atoms with E-state index in [2.05, 4.69) is 146 Å². The highest BCUT2D eigenvalue weighted by atomic mass is 32.1. The third-order valence-electron chi connectivity index (χ3n) is 10.1. The lowest BCUT2D eigenvalue weighted by atomic mass is 9.99. The SMILES string of the molecule is c1ccc(-c2ccc3ccc(-c4nc(-c5cccc6oc7cc8ccccc8cc7c56)nc(-c5cccc6sc7ccccc7c56)n4)cc3c2)cc1. The van der Waals surface area contributed by atoms with Gasteiger partial charge in [-0.1, -0.05) is 121 Å². The van der Waals surface area contributed by atoms with Gasteiger partial charge in [0, 0.05) is 47.6 Å². The standard InChI is InChI=1S/C47H27N3OS/c1-2-10-28(11-3-1)32-22-20-29-21-23-33(25-34(29)24-32)45-48-46(50-47(49-45)37-16-9-19-42-44(37)35-14-6-7-18-41(35)52-42)36-15-8-17-39-43(36)38-26-30-12-4-5-13-31(30)27-40(38)51-39/h1-27H. The van der Waals surface area contributed by atoms with Crippen molar-refractivity contribution in [2.75, 3.05) is 0 Å². The molecule has 4 nitrogen and oxygen atoms in total. The second-order valence-electron chi connectivity index (χ2n) is 13.2. The molecule has 5 heteroatoms. The molecule has 0 bridgehead atoms. The monoisotopic (exact) mass is 681 g/mol. The fourth-order valence-electron chi connectivity index (χ4n) is 7.60. The smallest absolute Gasteiger partial charge is 0.164 e. The Balaban J connectivity index is 1.18. The molecule has 0 saturated carbocycles. The highest BCUT2D eigenvalue weighted by Gasteiger charge is 2.20. The van der Waals surface area contributed by atoms with Gasteiger partial charge in [-0.25, -0.2) is 15.0 Å². The van der Waals surface area contributed by atoms with Gasteiger partial charge < -0.3 is 4.42 Å². The molecule has 0 N–H and O–H groups in total. The normalized spacial score (nSPS) is 11.8. The number of benzene rings is 8. The van der Waals surface area contributed by atoms with Gasteiger partial charge in [-0.2, -0.15) is 0 Å². The summed E-state index contributed by atoms with van der Waals surface area (Å²) in [5.74, 6) is 1.87. The van der Waals surface area contributed by atoms with Gasteiger partial charge in [-0.3, -0.25) is 0 Å². The number of thiophene rings is 1. The van der Waals surface area contributed by atoms with Crippen LogP contribution in [-0.2, 0) is 0 Å². The average molecular weight is 682 g/mol. The molecule has 8 aromatic carbocycles. The molecule has 0 radical (unpaired) electrons. The molecule has 52 heavy (non-hydrogen) atoms. The minimum absolute atomic E-state index is 0.608. The number of hydrogen-bond acceptors (Lipinski definition) is 5. The second-order valence-corrected chi connectivity index (χ2v) is 14.3. The summed E-state index contributed by atoms with van der Waals surface area (Å²) in [5, 5.41) is 8.99. The summed E-state index contributed by atoms with van der Waals surface area (Å²) in [5.41, 5.74) is 6.83. The molecule has 0 saturated heterocycles. The minimum Gasteiger partial charge on any atom is -0.456 e. The van der Waals surface area contributed by atoms with Gasteiger partial charge in [0.05, 0.1) is 0 Å². The second kappa shape index (κ2) is 11.4. The molecule has 11 rings (SSSR count). The first kappa shape index (κ1) is 29.1. The summed E-state index contributed by atoms with van der Waals surface area (Å²) < 4.78 is 8.92. The van der Waals surface area contributed by atoms with Crippen LogP contribution in [0.2, 0.25) is 0 Å². The summed E-state index contributed by atoms with van der Waals surface area (Å²) in [7, 11) is 0. The van der Waals surface area contributed by atoms with Crippen LogP contribution >= 0.6 is 11.3 Å². The molecule has 0 atom stereocenters. The van der Waals surface area contributed by atoms with Crippen molar-refractivity contribution in [2.24, 2.45) is 0 Å². The lowest BCUT2D eigenvalue weighted by molar-refractivity contribution is 0.669. The first-order chi connectivity index (χ1) is 25.7. The van der Waals surface area contributed by atoms with Gasteiger partial charge in [-0.05, 0) is 75.1 Å². The Labute approximate surface area is 302 Å². The molecule has 3 aromatic heterocycles. The summed E-state index contributed by atoms with van der Waals surface area (Å²) in [6.45, 7) is 0. The average Bonchev–Trinajstić information content (AvgIpc) is 3.77. The van der Waals surface area contributed by atoms with Crippen molar-refractivity contribution in [1.82, 2.24) is 15.0 Å². The van der Waals surface area contributed by atoms with E-state index in [1.165, 1.54) is 25.9 Å². The molecule has 0 unspecified atom stereocenters. The largest absolute Gasteiger partial charge is 0.456 e. The first-order valence-electron chi connectivity index (χ1n) is 17.3. The van der Waals surface area contributed by atoms with Gasteiger partial charge in [0.15, 0.2) is 17.5 Å². The van der Waals surface area contributed by atoms with E-state index in [0.717, 1.165) is 65.6 Å². The molecule has 0 aliphatic heterocycles. The molecule has 3 heterocycles. The highest BCUT2D eigenvalue weighted by Crippen LogP contribution is 2.42.